The van der Waals surface area contributed by atoms with E-state index in [-0.39, 0.29) is 11.6 Å². The highest BCUT2D eigenvalue weighted by Gasteiger charge is 2.18. The molecule has 8 heteroatoms. The lowest BCUT2D eigenvalue weighted by Gasteiger charge is -2.34. The molecule has 0 atom stereocenters. The number of likely N-dealkylation sites (N-methyl/N-ethyl adjacent to an activating group) is 1. The smallest absolute Gasteiger partial charge is 0.272 e. The lowest BCUT2D eigenvalue weighted by atomic mass is 10.2. The SMILES string of the molecule is C=CCn1c(C(=O)Nc2ccc(N3CCN(C)CC3)cc2)cc2cc([N+](=O)[O-])ccc21. The number of nitro benzene ring substituents is 1. The summed E-state index contributed by atoms with van der Waals surface area (Å²) in [5, 5.41) is 14.7. The summed E-state index contributed by atoms with van der Waals surface area (Å²) >= 11 is 0. The van der Waals surface area contributed by atoms with Crippen LogP contribution in [0.25, 0.3) is 10.9 Å². The predicted molar refractivity (Wildman–Crippen MR) is 123 cm³/mol. The molecule has 0 spiro atoms. The summed E-state index contributed by atoms with van der Waals surface area (Å²) in [5.41, 5.74) is 3.01. The number of hydrogen-bond donors (Lipinski definition) is 1. The van der Waals surface area contributed by atoms with Gasteiger partial charge in [0.15, 0.2) is 0 Å². The van der Waals surface area contributed by atoms with E-state index in [1.54, 1.807) is 22.8 Å². The van der Waals surface area contributed by atoms with Crippen LogP contribution < -0.4 is 10.2 Å². The Bertz CT molecular complexity index is 1130. The molecule has 1 N–H and O–H groups in total. The van der Waals surface area contributed by atoms with Crippen molar-refractivity contribution in [2.45, 2.75) is 6.54 Å². The van der Waals surface area contributed by atoms with E-state index in [2.05, 4.69) is 28.7 Å². The zero-order chi connectivity index (χ0) is 22.0. The van der Waals surface area contributed by atoms with Crippen molar-refractivity contribution in [3.8, 4) is 0 Å². The van der Waals surface area contributed by atoms with Crippen molar-refractivity contribution in [3.05, 3.63) is 77.0 Å². The highest BCUT2D eigenvalue weighted by molar-refractivity contribution is 6.06. The molecule has 0 bridgehead atoms. The van der Waals surface area contributed by atoms with Crippen LogP contribution in [0.1, 0.15) is 10.5 Å². The number of non-ortho nitro benzene ring substituents is 1. The van der Waals surface area contributed by atoms with Gasteiger partial charge in [-0.25, -0.2) is 0 Å². The number of allylic oxidation sites excluding steroid dienone is 1. The molecule has 1 amide bonds. The number of carbonyl (C=O) groups excluding carboxylic acids is 1. The number of anilines is 2. The summed E-state index contributed by atoms with van der Waals surface area (Å²) in [6, 6.07) is 14.1. The Morgan fingerprint density at radius 2 is 1.84 bits per heavy atom. The van der Waals surface area contributed by atoms with Gasteiger partial charge in [0.25, 0.3) is 11.6 Å². The Labute approximate surface area is 180 Å². The van der Waals surface area contributed by atoms with E-state index in [1.807, 2.05) is 24.3 Å². The lowest BCUT2D eigenvalue weighted by Crippen LogP contribution is -2.44. The van der Waals surface area contributed by atoms with Crippen LogP contribution in [-0.4, -0.2) is 53.5 Å². The average Bonchev–Trinajstić information content (AvgIpc) is 3.13. The van der Waals surface area contributed by atoms with Crippen molar-refractivity contribution in [1.82, 2.24) is 9.47 Å². The normalized spacial score (nSPS) is 14.5. The van der Waals surface area contributed by atoms with Gasteiger partial charge in [0.2, 0.25) is 0 Å². The van der Waals surface area contributed by atoms with E-state index in [0.29, 0.717) is 23.3 Å². The first-order valence-electron chi connectivity index (χ1n) is 10.2. The molecule has 1 saturated heterocycles. The standard InChI is InChI=1S/C23H25N5O3/c1-3-10-27-21-9-8-20(28(30)31)15-17(21)16-22(27)23(29)24-18-4-6-19(7-5-18)26-13-11-25(2)12-14-26/h3-9,15-16H,1,10-14H2,2H3,(H,24,29). The summed E-state index contributed by atoms with van der Waals surface area (Å²) in [6.45, 7) is 8.21. The molecular formula is C23H25N5O3. The number of aromatic nitrogens is 1. The molecule has 2 heterocycles. The van der Waals surface area contributed by atoms with Crippen molar-refractivity contribution in [3.63, 3.8) is 0 Å². The molecule has 0 unspecified atom stereocenters. The number of carbonyl (C=O) groups is 1. The first-order chi connectivity index (χ1) is 15.0. The molecule has 0 radical (unpaired) electrons. The van der Waals surface area contributed by atoms with Crippen LogP contribution in [0.5, 0.6) is 0 Å². The summed E-state index contributed by atoms with van der Waals surface area (Å²) in [7, 11) is 2.12. The Kier molecular flexibility index (Phi) is 5.73. The van der Waals surface area contributed by atoms with Gasteiger partial charge in [0, 0.05) is 67.1 Å². The third-order valence-electron chi connectivity index (χ3n) is 5.63. The first kappa shape index (κ1) is 20.6. The number of amides is 1. The van der Waals surface area contributed by atoms with Crippen LogP contribution in [0.2, 0.25) is 0 Å². The second kappa shape index (κ2) is 8.61. The van der Waals surface area contributed by atoms with Crippen molar-refractivity contribution < 1.29 is 9.72 Å². The maximum absolute atomic E-state index is 13.0. The molecule has 2 aromatic carbocycles. The van der Waals surface area contributed by atoms with Crippen LogP contribution >= 0.6 is 0 Å². The van der Waals surface area contributed by atoms with Crippen molar-refractivity contribution in [2.24, 2.45) is 0 Å². The van der Waals surface area contributed by atoms with Crippen molar-refractivity contribution in [1.29, 1.82) is 0 Å². The lowest BCUT2D eigenvalue weighted by molar-refractivity contribution is -0.384. The highest BCUT2D eigenvalue weighted by atomic mass is 16.6. The van der Waals surface area contributed by atoms with Crippen LogP contribution in [0.3, 0.4) is 0 Å². The number of nitrogens with one attached hydrogen (secondary N) is 1. The van der Waals surface area contributed by atoms with Gasteiger partial charge in [-0.3, -0.25) is 14.9 Å². The molecule has 8 nitrogen and oxygen atoms in total. The van der Waals surface area contributed by atoms with Gasteiger partial charge < -0.3 is 19.7 Å². The fraction of sp³-hybridized carbons (Fsp3) is 0.261. The van der Waals surface area contributed by atoms with E-state index in [1.165, 1.54) is 12.1 Å². The molecule has 160 valence electrons. The molecule has 31 heavy (non-hydrogen) atoms. The van der Waals surface area contributed by atoms with Gasteiger partial charge in [0.05, 0.1) is 4.92 Å². The van der Waals surface area contributed by atoms with Gasteiger partial charge in [-0.15, -0.1) is 6.58 Å². The fourth-order valence-corrected chi connectivity index (χ4v) is 3.90. The van der Waals surface area contributed by atoms with Gasteiger partial charge in [-0.05, 0) is 43.4 Å². The van der Waals surface area contributed by atoms with Crippen LogP contribution in [-0.2, 0) is 6.54 Å². The molecule has 0 aliphatic carbocycles. The third-order valence-corrected chi connectivity index (χ3v) is 5.63. The van der Waals surface area contributed by atoms with Gasteiger partial charge >= 0.3 is 0 Å². The maximum atomic E-state index is 13.0. The van der Waals surface area contributed by atoms with Crippen molar-refractivity contribution in [2.75, 3.05) is 43.4 Å². The molecular weight excluding hydrogens is 394 g/mol. The minimum atomic E-state index is -0.439. The van der Waals surface area contributed by atoms with E-state index in [0.717, 1.165) is 37.4 Å². The maximum Gasteiger partial charge on any atom is 0.272 e. The van der Waals surface area contributed by atoms with Crippen LogP contribution in [0.15, 0.2) is 61.2 Å². The fourth-order valence-electron chi connectivity index (χ4n) is 3.90. The van der Waals surface area contributed by atoms with Gasteiger partial charge in [-0.1, -0.05) is 6.08 Å². The van der Waals surface area contributed by atoms with Gasteiger partial charge in [-0.2, -0.15) is 0 Å². The first-order valence-corrected chi connectivity index (χ1v) is 10.2. The number of nitro groups is 1. The zero-order valence-electron chi connectivity index (χ0n) is 17.5. The van der Waals surface area contributed by atoms with E-state index in [9.17, 15) is 14.9 Å². The number of nitrogens with zero attached hydrogens (tertiary/aromatic N) is 4. The quantitative estimate of drug-likeness (QED) is 0.374. The summed E-state index contributed by atoms with van der Waals surface area (Å²) in [4.78, 5) is 28.3. The minimum absolute atomic E-state index is 0.00490. The topological polar surface area (TPSA) is 83.7 Å². The number of rotatable bonds is 6. The number of benzene rings is 2. The Balaban J connectivity index is 1.55. The van der Waals surface area contributed by atoms with Crippen molar-refractivity contribution >= 4 is 33.9 Å². The zero-order valence-corrected chi connectivity index (χ0v) is 17.5. The molecule has 1 fully saturated rings. The van der Waals surface area contributed by atoms with E-state index >= 15 is 0 Å². The molecule has 3 aromatic rings. The number of fused-ring (bicyclic) bond motifs is 1. The second-order valence-corrected chi connectivity index (χ2v) is 7.72. The summed E-state index contributed by atoms with van der Waals surface area (Å²) in [6.07, 6.45) is 1.70. The van der Waals surface area contributed by atoms with Crippen LogP contribution in [0, 0.1) is 10.1 Å². The highest BCUT2D eigenvalue weighted by Crippen LogP contribution is 2.26. The Morgan fingerprint density at radius 1 is 1.13 bits per heavy atom. The Hall–Kier alpha value is -3.65. The monoisotopic (exact) mass is 419 g/mol. The Morgan fingerprint density at radius 3 is 2.48 bits per heavy atom. The summed E-state index contributed by atoms with van der Waals surface area (Å²) < 4.78 is 1.81. The van der Waals surface area contributed by atoms with Crippen LogP contribution in [0.4, 0.5) is 17.1 Å². The van der Waals surface area contributed by atoms with Gasteiger partial charge in [0.1, 0.15) is 5.69 Å². The average molecular weight is 419 g/mol. The second-order valence-electron chi connectivity index (χ2n) is 7.72. The third kappa shape index (κ3) is 4.29. The number of hydrogen-bond acceptors (Lipinski definition) is 5. The molecule has 0 saturated carbocycles. The number of piperazine rings is 1. The molecule has 4 rings (SSSR count). The molecule has 1 aromatic heterocycles. The summed E-state index contributed by atoms with van der Waals surface area (Å²) in [5.74, 6) is -0.270. The van der Waals surface area contributed by atoms with E-state index < -0.39 is 4.92 Å². The van der Waals surface area contributed by atoms with E-state index in [4.69, 9.17) is 0 Å². The largest absolute Gasteiger partial charge is 0.369 e. The molecule has 1 aliphatic rings. The predicted octanol–water partition coefficient (Wildman–Crippen LogP) is 3.74. The minimum Gasteiger partial charge on any atom is -0.369 e. The molecule has 1 aliphatic heterocycles.